The molecule has 0 aliphatic rings. The number of alkyl carbamates (subject to hydrolysis) is 1. The zero-order chi connectivity index (χ0) is 29.8. The number of nitrogens with zero attached hydrogens (tertiary/aromatic N) is 4. The maximum Gasteiger partial charge on any atom is 0.407 e. The van der Waals surface area contributed by atoms with Crippen LogP contribution < -0.4 is 5.32 Å². The summed E-state index contributed by atoms with van der Waals surface area (Å²) >= 11 is 0. The number of imidazole rings is 1. The van der Waals surface area contributed by atoms with Crippen LogP contribution in [-0.2, 0) is 33.9 Å². The molecule has 4 rings (SSSR count). The highest BCUT2D eigenvalue weighted by atomic mass is 16.6. The van der Waals surface area contributed by atoms with Crippen LogP contribution in [0.4, 0.5) is 4.79 Å². The fourth-order valence-electron chi connectivity index (χ4n) is 4.51. The Hall–Kier alpha value is -4.14. The number of ether oxygens (including phenoxy) is 2. The third-order valence-corrected chi connectivity index (χ3v) is 6.52. The van der Waals surface area contributed by atoms with E-state index in [-0.39, 0.29) is 5.97 Å². The number of nitrogens with one attached hydrogen (secondary N) is 1. The summed E-state index contributed by atoms with van der Waals surface area (Å²) in [5.74, 6) is 0.676. The molecule has 0 atom stereocenters. The Morgan fingerprint density at radius 2 is 1.78 bits per heavy atom. The number of aromatic nitrogens is 4. The third kappa shape index (κ3) is 7.54. The normalized spacial score (nSPS) is 12.0. The van der Waals surface area contributed by atoms with Crippen molar-refractivity contribution in [3.8, 4) is 0 Å². The van der Waals surface area contributed by atoms with Crippen molar-refractivity contribution in [2.24, 2.45) is 5.41 Å². The quantitative estimate of drug-likeness (QED) is 0.177. The van der Waals surface area contributed by atoms with E-state index in [0.29, 0.717) is 26.2 Å². The van der Waals surface area contributed by atoms with Gasteiger partial charge in [0, 0.05) is 18.5 Å². The number of hydrogen-bond donors (Lipinski definition) is 1. The SMILES string of the molecule is C=Cc1nn(Cc2nc3cc(CNC(=O)OC(C)(C)C)ccc3n2CCCCOC(=O)C(C)(C)C)c2ccccc12. The predicted molar refractivity (Wildman–Crippen MR) is 161 cm³/mol. The number of para-hydroxylation sites is 1. The highest BCUT2D eigenvalue weighted by Crippen LogP contribution is 2.24. The van der Waals surface area contributed by atoms with Gasteiger partial charge in [-0.3, -0.25) is 9.48 Å². The largest absolute Gasteiger partial charge is 0.465 e. The summed E-state index contributed by atoms with van der Waals surface area (Å²) in [5, 5.41) is 8.65. The van der Waals surface area contributed by atoms with E-state index in [1.54, 1.807) is 6.08 Å². The van der Waals surface area contributed by atoms with Crippen molar-refractivity contribution in [1.29, 1.82) is 0 Å². The molecule has 0 saturated carbocycles. The number of amides is 1. The van der Waals surface area contributed by atoms with E-state index in [0.717, 1.165) is 51.9 Å². The van der Waals surface area contributed by atoms with E-state index in [4.69, 9.17) is 19.6 Å². The van der Waals surface area contributed by atoms with Gasteiger partial charge in [0.25, 0.3) is 0 Å². The monoisotopic (exact) mass is 559 g/mol. The maximum absolute atomic E-state index is 12.2. The van der Waals surface area contributed by atoms with Crippen molar-refractivity contribution in [1.82, 2.24) is 24.6 Å². The van der Waals surface area contributed by atoms with E-state index in [1.807, 2.05) is 88.7 Å². The fraction of sp³-hybridized carbons (Fsp3) is 0.438. The van der Waals surface area contributed by atoms with Crippen LogP contribution in [0.3, 0.4) is 0 Å². The number of carbonyl (C=O) groups excluding carboxylic acids is 2. The Morgan fingerprint density at radius 1 is 1.02 bits per heavy atom. The molecule has 0 saturated heterocycles. The van der Waals surface area contributed by atoms with Crippen molar-refractivity contribution in [3.05, 3.63) is 66.1 Å². The molecule has 0 fully saturated rings. The second-order valence-electron chi connectivity index (χ2n) is 12.2. The van der Waals surface area contributed by atoms with Crippen LogP contribution in [0.15, 0.2) is 49.0 Å². The second-order valence-corrected chi connectivity index (χ2v) is 12.2. The predicted octanol–water partition coefficient (Wildman–Crippen LogP) is 6.47. The summed E-state index contributed by atoms with van der Waals surface area (Å²) in [4.78, 5) is 29.3. The average molecular weight is 560 g/mol. The Morgan fingerprint density at radius 3 is 2.49 bits per heavy atom. The van der Waals surface area contributed by atoms with Gasteiger partial charge in [0.05, 0.1) is 40.8 Å². The minimum absolute atomic E-state index is 0.192. The van der Waals surface area contributed by atoms with E-state index < -0.39 is 17.1 Å². The Bertz CT molecular complexity index is 1550. The highest BCUT2D eigenvalue weighted by Gasteiger charge is 2.23. The molecular weight excluding hydrogens is 518 g/mol. The van der Waals surface area contributed by atoms with E-state index in [9.17, 15) is 9.59 Å². The second kappa shape index (κ2) is 12.2. The van der Waals surface area contributed by atoms with Crippen molar-refractivity contribution in [3.63, 3.8) is 0 Å². The number of fused-ring (bicyclic) bond motifs is 2. The lowest BCUT2D eigenvalue weighted by Gasteiger charge is -2.19. The van der Waals surface area contributed by atoms with E-state index >= 15 is 0 Å². The number of rotatable bonds is 10. The van der Waals surface area contributed by atoms with Crippen molar-refractivity contribution in [2.45, 2.75) is 79.6 Å². The molecule has 4 aromatic rings. The van der Waals surface area contributed by atoms with Gasteiger partial charge in [0.2, 0.25) is 0 Å². The average Bonchev–Trinajstić information content (AvgIpc) is 3.43. The molecule has 2 heterocycles. The van der Waals surface area contributed by atoms with Crippen molar-refractivity contribution in [2.75, 3.05) is 6.61 Å². The summed E-state index contributed by atoms with van der Waals surface area (Å²) in [6, 6.07) is 14.1. The first kappa shape index (κ1) is 29.8. The molecule has 0 aliphatic carbocycles. The van der Waals surface area contributed by atoms with Crippen molar-refractivity contribution < 1.29 is 19.1 Å². The summed E-state index contributed by atoms with van der Waals surface area (Å²) in [6.07, 6.45) is 2.87. The Balaban J connectivity index is 1.57. The molecule has 1 N–H and O–H groups in total. The van der Waals surface area contributed by atoms with Crippen molar-refractivity contribution >= 4 is 40.1 Å². The number of esters is 1. The first-order chi connectivity index (χ1) is 19.4. The summed E-state index contributed by atoms with van der Waals surface area (Å²) in [7, 11) is 0. The van der Waals surface area contributed by atoms with Crippen LogP contribution in [-0.4, -0.2) is 43.6 Å². The minimum atomic E-state index is -0.561. The molecular formula is C32H41N5O4. The molecule has 9 heteroatoms. The number of unbranched alkanes of at least 4 members (excludes halogenated alkanes) is 1. The number of hydrogen-bond acceptors (Lipinski definition) is 6. The topological polar surface area (TPSA) is 100 Å². The maximum atomic E-state index is 12.2. The lowest BCUT2D eigenvalue weighted by molar-refractivity contribution is -0.153. The van der Waals surface area contributed by atoms with E-state index in [2.05, 4.69) is 16.5 Å². The molecule has 2 aromatic carbocycles. The number of benzene rings is 2. The van der Waals surface area contributed by atoms with Gasteiger partial charge in [-0.2, -0.15) is 5.10 Å². The van der Waals surface area contributed by atoms with Gasteiger partial charge < -0.3 is 19.4 Å². The first-order valence-corrected chi connectivity index (χ1v) is 14.1. The molecule has 0 aliphatic heterocycles. The number of aryl methyl sites for hydroxylation is 1. The molecule has 1 amide bonds. The smallest absolute Gasteiger partial charge is 0.407 e. The molecule has 2 aromatic heterocycles. The van der Waals surface area contributed by atoms with Crippen LogP contribution in [0, 0.1) is 5.41 Å². The molecule has 218 valence electrons. The van der Waals surface area contributed by atoms with Gasteiger partial charge in [-0.05, 0) is 84.2 Å². The molecule has 0 bridgehead atoms. The number of carbonyl (C=O) groups is 2. The van der Waals surface area contributed by atoms with E-state index in [1.165, 1.54) is 0 Å². The highest BCUT2D eigenvalue weighted by molar-refractivity contribution is 5.87. The summed E-state index contributed by atoms with van der Waals surface area (Å²) in [6.45, 7) is 16.9. The third-order valence-electron chi connectivity index (χ3n) is 6.52. The minimum Gasteiger partial charge on any atom is -0.465 e. The lowest BCUT2D eigenvalue weighted by atomic mass is 9.97. The van der Waals surface area contributed by atoms with Gasteiger partial charge in [-0.25, -0.2) is 9.78 Å². The molecule has 0 unspecified atom stereocenters. The Labute approximate surface area is 241 Å². The van der Waals surface area contributed by atoms with Crippen LogP contribution in [0.1, 0.15) is 71.5 Å². The van der Waals surface area contributed by atoms with Gasteiger partial charge >= 0.3 is 12.1 Å². The molecule has 0 radical (unpaired) electrons. The molecule has 41 heavy (non-hydrogen) atoms. The standard InChI is InChI=1S/C32H41N5O4/c1-8-24-23-13-9-10-14-26(23)37(35-24)21-28-34-25-19-22(20-33-30(39)41-32(5,6)7)15-16-27(25)36(28)17-11-12-18-40-29(38)31(2,3)4/h8-10,13-16,19H,1,11-12,17-18,20-21H2,2-7H3,(H,33,39). The van der Waals surface area contributed by atoms with Gasteiger partial charge in [-0.15, -0.1) is 0 Å². The van der Waals surface area contributed by atoms with Crippen LogP contribution in [0.25, 0.3) is 28.0 Å². The van der Waals surface area contributed by atoms with Crippen LogP contribution in [0.2, 0.25) is 0 Å². The van der Waals surface area contributed by atoms with Gasteiger partial charge in [-0.1, -0.05) is 30.8 Å². The molecule has 9 nitrogen and oxygen atoms in total. The van der Waals surface area contributed by atoms with Crippen LogP contribution in [0.5, 0.6) is 0 Å². The zero-order valence-corrected chi connectivity index (χ0v) is 25.0. The fourth-order valence-corrected chi connectivity index (χ4v) is 4.51. The van der Waals surface area contributed by atoms with Gasteiger partial charge in [0.15, 0.2) is 0 Å². The summed E-state index contributed by atoms with van der Waals surface area (Å²) in [5.41, 5.74) is 3.52. The Kier molecular flexibility index (Phi) is 8.85. The zero-order valence-electron chi connectivity index (χ0n) is 25.0. The van der Waals surface area contributed by atoms with Gasteiger partial charge in [0.1, 0.15) is 11.4 Å². The van der Waals surface area contributed by atoms with Crippen LogP contribution >= 0.6 is 0 Å². The molecule has 0 spiro atoms. The first-order valence-electron chi connectivity index (χ1n) is 14.1. The summed E-state index contributed by atoms with van der Waals surface area (Å²) < 4.78 is 15.0. The lowest BCUT2D eigenvalue weighted by Crippen LogP contribution is -2.32.